The third-order valence-electron chi connectivity index (χ3n) is 9.97. The lowest BCUT2D eigenvalue weighted by atomic mass is 9.99. The number of nitrogens with one attached hydrogen (secondary N) is 2. The van der Waals surface area contributed by atoms with E-state index in [1.807, 2.05) is 58.9 Å². The molecule has 52 heavy (non-hydrogen) atoms. The van der Waals surface area contributed by atoms with E-state index in [4.69, 9.17) is 23.2 Å². The highest BCUT2D eigenvalue weighted by atomic mass is 35.5. The first-order valence-electron chi connectivity index (χ1n) is 17.7. The maximum Gasteiger partial charge on any atom is 0.265 e. The average Bonchev–Trinajstić information content (AvgIpc) is 3.60. The molecule has 3 N–H and O–H groups in total. The van der Waals surface area contributed by atoms with Crippen LogP contribution in [0.4, 0.5) is 22.7 Å². The van der Waals surface area contributed by atoms with E-state index in [0.717, 1.165) is 76.5 Å². The van der Waals surface area contributed by atoms with Gasteiger partial charge in [-0.1, -0.05) is 47.5 Å². The van der Waals surface area contributed by atoms with Crippen LogP contribution in [0.25, 0.3) is 0 Å². The molecule has 5 rings (SSSR count). The van der Waals surface area contributed by atoms with Crippen molar-refractivity contribution in [3.05, 3.63) is 103 Å². The minimum absolute atomic E-state index is 0.0244. The number of anilines is 4. The number of halogens is 2. The number of rotatable bonds is 9. The number of hydrogen-bond acceptors (Lipinski definition) is 6. The summed E-state index contributed by atoms with van der Waals surface area (Å²) >= 11 is 11.8. The molecule has 4 aromatic rings. The fourth-order valence-corrected chi connectivity index (χ4v) is 9.22. The third kappa shape index (κ3) is 8.64. The molecular formula is C41H52Cl2N4O4S. The van der Waals surface area contributed by atoms with Crippen LogP contribution in [0, 0.1) is 55.4 Å². The highest BCUT2D eigenvalue weighted by molar-refractivity contribution is 7.92. The van der Waals surface area contributed by atoms with E-state index in [2.05, 4.69) is 60.5 Å². The molecular weight excluding hydrogens is 715 g/mol. The lowest BCUT2D eigenvalue weighted by Gasteiger charge is -2.28. The summed E-state index contributed by atoms with van der Waals surface area (Å²) in [5.74, 6) is -0.552. The van der Waals surface area contributed by atoms with E-state index in [1.54, 1.807) is 0 Å². The van der Waals surface area contributed by atoms with Crippen LogP contribution < -0.4 is 19.8 Å². The predicted octanol–water partition coefficient (Wildman–Crippen LogP) is 10.4. The van der Waals surface area contributed by atoms with Gasteiger partial charge in [0.15, 0.2) is 5.75 Å². The summed E-state index contributed by atoms with van der Waals surface area (Å²) in [4.78, 5) is 17.2. The molecule has 0 aromatic heterocycles. The number of carbonyl (C=O) groups excluding carboxylic acids is 1. The second-order valence-corrected chi connectivity index (χ2v) is 16.1. The first kappa shape index (κ1) is 40.8. The molecule has 0 spiro atoms. The summed E-state index contributed by atoms with van der Waals surface area (Å²) in [5.41, 5.74) is 12.9. The summed E-state index contributed by atoms with van der Waals surface area (Å²) in [6, 6.07) is 12.5. The van der Waals surface area contributed by atoms with Crippen molar-refractivity contribution in [3.8, 4) is 5.75 Å². The van der Waals surface area contributed by atoms with Gasteiger partial charge in [-0.2, -0.15) is 0 Å². The number of aryl methyl sites for hydroxylation is 5. The first-order valence-corrected chi connectivity index (χ1v) is 20.0. The Kier molecular flexibility index (Phi) is 13.2. The van der Waals surface area contributed by atoms with Gasteiger partial charge in [-0.05, 0) is 145 Å². The van der Waals surface area contributed by atoms with E-state index in [1.165, 1.54) is 41.8 Å². The van der Waals surface area contributed by atoms with Crippen molar-refractivity contribution >= 4 is 61.9 Å². The Labute approximate surface area is 320 Å². The molecule has 1 aliphatic heterocycles. The van der Waals surface area contributed by atoms with Gasteiger partial charge in [-0.15, -0.1) is 0 Å². The van der Waals surface area contributed by atoms with Crippen LogP contribution in [0.15, 0.2) is 47.4 Å². The first-order chi connectivity index (χ1) is 24.4. The molecule has 8 nitrogen and oxygen atoms in total. The maximum absolute atomic E-state index is 12.9. The minimum Gasteiger partial charge on any atom is -0.505 e. The van der Waals surface area contributed by atoms with Crippen molar-refractivity contribution in [2.24, 2.45) is 0 Å². The van der Waals surface area contributed by atoms with Gasteiger partial charge in [0.25, 0.3) is 15.9 Å². The number of aromatic hydroxyl groups is 1. The van der Waals surface area contributed by atoms with Crippen LogP contribution in [0.3, 0.4) is 0 Å². The quantitative estimate of drug-likeness (QED) is 0.157. The zero-order valence-electron chi connectivity index (χ0n) is 32.0. The number of amides is 1. The summed E-state index contributed by atoms with van der Waals surface area (Å²) < 4.78 is 28.5. The van der Waals surface area contributed by atoms with Crippen molar-refractivity contribution < 1.29 is 18.3 Å². The van der Waals surface area contributed by atoms with E-state index < -0.39 is 15.8 Å². The van der Waals surface area contributed by atoms with Crippen molar-refractivity contribution in [1.29, 1.82) is 0 Å². The summed E-state index contributed by atoms with van der Waals surface area (Å²) in [6.45, 7) is 24.1. The van der Waals surface area contributed by atoms with Gasteiger partial charge in [0, 0.05) is 53.8 Å². The van der Waals surface area contributed by atoms with Gasteiger partial charge in [0.2, 0.25) is 0 Å². The smallest absolute Gasteiger partial charge is 0.265 e. The largest absolute Gasteiger partial charge is 0.505 e. The van der Waals surface area contributed by atoms with E-state index in [9.17, 15) is 18.3 Å². The SMILES string of the molecule is CCN(CC)c1c(C)cc(C)c(NS(=O)(=O)c2cc(Cl)cc(Cl)c2O)c1C.Cc1cccc(C(=O)Nc2c(C)cc(C)c(N3CCCC3)c2C)c1C. The number of hydrogen-bond donors (Lipinski definition) is 3. The molecule has 0 atom stereocenters. The second-order valence-electron chi connectivity index (χ2n) is 13.6. The van der Waals surface area contributed by atoms with Crippen molar-refractivity contribution in [1.82, 2.24) is 0 Å². The van der Waals surface area contributed by atoms with Crippen molar-refractivity contribution in [2.75, 3.05) is 46.0 Å². The molecule has 11 heteroatoms. The number of phenols is 1. The third-order valence-corrected chi connectivity index (χ3v) is 11.8. The molecule has 0 unspecified atom stereocenters. The Morgan fingerprint density at radius 1 is 0.788 bits per heavy atom. The standard InChI is InChI=1S/C22H28N2O.C19H24Cl2N2O3S/c1-14-9-8-10-19(17(14)4)22(25)23-20-15(2)13-16(3)21(18(20)5)24-11-6-7-12-24;1-6-23(7-2)18-12(4)8-11(3)17(13(18)5)22-27(25,26)16-10-14(20)9-15(21)19(16)24/h8-10,13H,6-7,11-12H2,1-5H3,(H,23,25);8-10,22,24H,6-7H2,1-5H3. The summed E-state index contributed by atoms with van der Waals surface area (Å²) in [7, 11) is -4.09. The molecule has 1 saturated heterocycles. The van der Waals surface area contributed by atoms with Gasteiger partial charge < -0.3 is 20.2 Å². The number of carbonyl (C=O) groups is 1. The molecule has 1 aliphatic rings. The zero-order chi connectivity index (χ0) is 38.7. The molecule has 0 radical (unpaired) electrons. The molecule has 1 heterocycles. The van der Waals surface area contributed by atoms with Crippen LogP contribution >= 0.6 is 23.2 Å². The fourth-order valence-electron chi connectivity index (χ4n) is 7.27. The zero-order valence-corrected chi connectivity index (χ0v) is 34.3. The molecule has 280 valence electrons. The Hall–Kier alpha value is -3.92. The van der Waals surface area contributed by atoms with Crippen LogP contribution in [-0.4, -0.2) is 45.6 Å². The van der Waals surface area contributed by atoms with Gasteiger partial charge >= 0.3 is 0 Å². The Balaban J connectivity index is 0.000000233. The Morgan fingerprint density at radius 2 is 1.38 bits per heavy atom. The summed E-state index contributed by atoms with van der Waals surface area (Å²) in [6.07, 6.45) is 2.49. The minimum atomic E-state index is -4.09. The highest BCUT2D eigenvalue weighted by Crippen LogP contribution is 2.39. The maximum atomic E-state index is 12.9. The van der Waals surface area contributed by atoms with Gasteiger partial charge in [-0.25, -0.2) is 8.42 Å². The lowest BCUT2D eigenvalue weighted by molar-refractivity contribution is 0.102. The molecule has 1 amide bonds. The fraction of sp³-hybridized carbons (Fsp3) is 0.390. The lowest BCUT2D eigenvalue weighted by Crippen LogP contribution is -2.25. The van der Waals surface area contributed by atoms with Crippen LogP contribution in [0.1, 0.15) is 81.6 Å². The van der Waals surface area contributed by atoms with Crippen LogP contribution in [0.2, 0.25) is 10.0 Å². The van der Waals surface area contributed by atoms with E-state index in [-0.39, 0.29) is 20.8 Å². The molecule has 1 fully saturated rings. The van der Waals surface area contributed by atoms with Crippen molar-refractivity contribution in [2.45, 2.75) is 87.0 Å². The molecule has 4 aromatic carbocycles. The normalized spacial score (nSPS) is 12.7. The highest BCUT2D eigenvalue weighted by Gasteiger charge is 2.25. The number of nitrogens with zero attached hydrogens (tertiary/aromatic N) is 2. The molecule has 0 saturated carbocycles. The van der Waals surface area contributed by atoms with Gasteiger partial charge in [0.05, 0.1) is 10.7 Å². The average molecular weight is 768 g/mol. The predicted molar refractivity (Wildman–Crippen MR) is 219 cm³/mol. The van der Waals surface area contributed by atoms with Crippen LogP contribution in [0.5, 0.6) is 5.75 Å². The van der Waals surface area contributed by atoms with E-state index in [0.29, 0.717) is 5.69 Å². The second kappa shape index (κ2) is 16.8. The monoisotopic (exact) mass is 766 g/mol. The topological polar surface area (TPSA) is 102 Å². The van der Waals surface area contributed by atoms with Crippen LogP contribution in [-0.2, 0) is 10.0 Å². The Morgan fingerprint density at radius 3 is 2.00 bits per heavy atom. The van der Waals surface area contributed by atoms with Crippen molar-refractivity contribution in [3.63, 3.8) is 0 Å². The van der Waals surface area contributed by atoms with E-state index >= 15 is 0 Å². The summed E-state index contributed by atoms with van der Waals surface area (Å²) in [5, 5.41) is 13.3. The van der Waals surface area contributed by atoms with Gasteiger partial charge in [-0.3, -0.25) is 9.52 Å². The number of benzene rings is 4. The Bertz CT molecular complexity index is 2090. The number of phenolic OH excluding ortho intramolecular Hbond substituents is 1. The van der Waals surface area contributed by atoms with Gasteiger partial charge in [0.1, 0.15) is 4.90 Å². The molecule has 0 bridgehead atoms. The molecule has 0 aliphatic carbocycles. The number of sulfonamides is 1.